The average molecular weight is 221 g/mol. The van der Waals surface area contributed by atoms with Gasteiger partial charge in [0, 0.05) is 10.6 Å². The Hall–Kier alpha value is -2.04. The molecule has 7 heteroatoms. The summed E-state index contributed by atoms with van der Waals surface area (Å²) in [6, 6.07) is 4.93. The van der Waals surface area contributed by atoms with Gasteiger partial charge in [0.2, 0.25) is 0 Å². The molecule has 1 aromatic heterocycles. The number of benzene rings is 1. The van der Waals surface area contributed by atoms with E-state index in [1.807, 2.05) is 0 Å². The van der Waals surface area contributed by atoms with Crippen molar-refractivity contribution < 1.29 is 0 Å². The number of hydrogen-bond acceptors (Lipinski definition) is 3. The van der Waals surface area contributed by atoms with E-state index in [1.165, 1.54) is 17.3 Å². The van der Waals surface area contributed by atoms with Crippen LogP contribution < -0.4 is 0 Å². The van der Waals surface area contributed by atoms with Crippen LogP contribution in [-0.4, -0.2) is 14.8 Å². The zero-order valence-corrected chi connectivity index (χ0v) is 8.20. The van der Waals surface area contributed by atoms with Crippen molar-refractivity contribution >= 4 is 17.3 Å². The molecule has 0 aliphatic heterocycles. The first-order valence-electron chi connectivity index (χ1n) is 4.01. The van der Waals surface area contributed by atoms with Crippen LogP contribution in [0.25, 0.3) is 16.1 Å². The van der Waals surface area contributed by atoms with Gasteiger partial charge >= 0.3 is 0 Å². The van der Waals surface area contributed by atoms with Gasteiger partial charge in [0.1, 0.15) is 12.7 Å². The summed E-state index contributed by atoms with van der Waals surface area (Å²) in [7, 11) is 0. The molecule has 0 unspecified atom stereocenters. The van der Waals surface area contributed by atoms with E-state index in [-0.39, 0.29) is 0 Å². The Morgan fingerprint density at radius 2 is 2.33 bits per heavy atom. The fourth-order valence-electron chi connectivity index (χ4n) is 1.13. The maximum Gasteiger partial charge on any atom is 0.138 e. The van der Waals surface area contributed by atoms with Gasteiger partial charge in [-0.15, -0.1) is 0 Å². The predicted octanol–water partition coefficient (Wildman–Crippen LogP) is 2.86. The second-order valence-corrected chi connectivity index (χ2v) is 3.07. The van der Waals surface area contributed by atoms with Crippen molar-refractivity contribution in [1.29, 1.82) is 0 Å². The topological polar surface area (TPSA) is 79.5 Å². The number of halogens is 1. The minimum absolute atomic E-state index is 0.449. The Morgan fingerprint density at radius 1 is 1.47 bits per heavy atom. The van der Waals surface area contributed by atoms with Crippen LogP contribution in [0.3, 0.4) is 0 Å². The molecule has 15 heavy (non-hydrogen) atoms. The zero-order valence-electron chi connectivity index (χ0n) is 7.45. The maximum absolute atomic E-state index is 8.25. The number of rotatable bonds is 2. The molecule has 2 rings (SSSR count). The minimum atomic E-state index is 0.449. The molecular weight excluding hydrogens is 216 g/mol. The number of hydrogen-bond donors (Lipinski definition) is 0. The molecule has 0 N–H and O–H groups in total. The van der Waals surface area contributed by atoms with Crippen molar-refractivity contribution in [3.8, 4) is 5.69 Å². The Morgan fingerprint density at radius 3 is 2.93 bits per heavy atom. The van der Waals surface area contributed by atoms with E-state index < -0.39 is 0 Å². The molecule has 0 fully saturated rings. The van der Waals surface area contributed by atoms with E-state index in [1.54, 1.807) is 18.2 Å². The first-order valence-corrected chi connectivity index (χ1v) is 4.38. The van der Waals surface area contributed by atoms with Gasteiger partial charge in [0.05, 0.1) is 10.7 Å². The van der Waals surface area contributed by atoms with Crippen molar-refractivity contribution in [2.45, 2.75) is 0 Å². The molecule has 0 spiro atoms. The van der Waals surface area contributed by atoms with Gasteiger partial charge in [-0.1, -0.05) is 22.8 Å². The van der Waals surface area contributed by atoms with Gasteiger partial charge in [-0.3, -0.25) is 0 Å². The zero-order chi connectivity index (χ0) is 10.7. The Labute approximate surface area is 89.8 Å². The molecule has 0 bridgehead atoms. The summed E-state index contributed by atoms with van der Waals surface area (Å²) in [5.41, 5.74) is 9.40. The Balaban J connectivity index is 2.48. The average Bonchev–Trinajstić information content (AvgIpc) is 2.71. The lowest BCUT2D eigenvalue weighted by Gasteiger charge is -2.03. The Bertz CT molecular complexity index is 514. The van der Waals surface area contributed by atoms with Crippen LogP contribution in [0.15, 0.2) is 36.0 Å². The van der Waals surface area contributed by atoms with Gasteiger partial charge in [-0.05, 0) is 17.7 Å². The molecule has 0 radical (unpaired) electrons. The van der Waals surface area contributed by atoms with Gasteiger partial charge in [-0.25, -0.2) is 9.67 Å². The second kappa shape index (κ2) is 4.00. The summed E-state index contributed by atoms with van der Waals surface area (Å²) in [5.74, 6) is 0. The summed E-state index contributed by atoms with van der Waals surface area (Å²) in [4.78, 5) is 6.48. The minimum Gasteiger partial charge on any atom is -0.223 e. The van der Waals surface area contributed by atoms with E-state index in [0.29, 0.717) is 16.4 Å². The highest BCUT2D eigenvalue weighted by molar-refractivity contribution is 6.32. The van der Waals surface area contributed by atoms with Crippen LogP contribution in [0.4, 0.5) is 5.69 Å². The third-order valence-electron chi connectivity index (χ3n) is 1.76. The van der Waals surface area contributed by atoms with Crippen LogP contribution in [0.1, 0.15) is 0 Å². The van der Waals surface area contributed by atoms with E-state index in [0.717, 1.165) is 0 Å². The van der Waals surface area contributed by atoms with Gasteiger partial charge in [0.25, 0.3) is 0 Å². The van der Waals surface area contributed by atoms with Gasteiger partial charge in [-0.2, -0.15) is 5.10 Å². The first-order chi connectivity index (χ1) is 7.31. The summed E-state index contributed by atoms with van der Waals surface area (Å²) in [6.45, 7) is 0. The standard InChI is InChI=1S/C8H5ClN6/c9-7-3-6(13-14-10)1-2-8(7)15-5-11-4-12-15/h1-5H. The molecule has 6 nitrogen and oxygen atoms in total. The quantitative estimate of drug-likeness (QED) is 0.443. The molecule has 0 atom stereocenters. The molecule has 0 saturated carbocycles. The van der Waals surface area contributed by atoms with Crippen LogP contribution in [-0.2, 0) is 0 Å². The van der Waals surface area contributed by atoms with Crippen molar-refractivity contribution in [3.63, 3.8) is 0 Å². The number of aromatic nitrogens is 3. The summed E-state index contributed by atoms with van der Waals surface area (Å²) >= 11 is 5.98. The lowest BCUT2D eigenvalue weighted by atomic mass is 10.3. The lowest BCUT2D eigenvalue weighted by molar-refractivity contribution is 0.879. The van der Waals surface area contributed by atoms with Crippen molar-refractivity contribution in [2.75, 3.05) is 0 Å². The second-order valence-electron chi connectivity index (χ2n) is 2.67. The molecule has 74 valence electrons. The first kappa shape index (κ1) is 9.51. The van der Waals surface area contributed by atoms with E-state index in [4.69, 9.17) is 17.1 Å². The fraction of sp³-hybridized carbons (Fsp3) is 0. The smallest absolute Gasteiger partial charge is 0.138 e. The number of nitrogens with zero attached hydrogens (tertiary/aromatic N) is 6. The van der Waals surface area contributed by atoms with E-state index in [2.05, 4.69) is 20.1 Å². The molecule has 1 aromatic carbocycles. The fourth-order valence-corrected chi connectivity index (χ4v) is 1.39. The van der Waals surface area contributed by atoms with Crippen molar-refractivity contribution in [1.82, 2.24) is 14.8 Å². The molecule has 0 aliphatic rings. The summed E-state index contributed by atoms with van der Waals surface area (Å²) in [6.07, 6.45) is 2.95. The molecule has 0 amide bonds. The molecule has 2 aromatic rings. The highest BCUT2D eigenvalue weighted by atomic mass is 35.5. The molecule has 1 heterocycles. The third kappa shape index (κ3) is 1.90. The van der Waals surface area contributed by atoms with Gasteiger partial charge in [0.15, 0.2) is 0 Å². The van der Waals surface area contributed by atoms with Crippen LogP contribution >= 0.6 is 11.6 Å². The van der Waals surface area contributed by atoms with E-state index in [9.17, 15) is 0 Å². The summed E-state index contributed by atoms with van der Waals surface area (Å²) in [5, 5.41) is 7.83. The highest BCUT2D eigenvalue weighted by Crippen LogP contribution is 2.25. The van der Waals surface area contributed by atoms with Crippen LogP contribution in [0.5, 0.6) is 0 Å². The molecule has 0 aliphatic carbocycles. The van der Waals surface area contributed by atoms with Crippen LogP contribution in [0.2, 0.25) is 5.02 Å². The molecular formula is C8H5ClN6. The predicted molar refractivity (Wildman–Crippen MR) is 55.2 cm³/mol. The van der Waals surface area contributed by atoms with Crippen molar-refractivity contribution in [3.05, 3.63) is 46.3 Å². The number of azide groups is 1. The van der Waals surface area contributed by atoms with Crippen molar-refractivity contribution in [2.24, 2.45) is 5.11 Å². The summed E-state index contributed by atoms with van der Waals surface area (Å²) < 4.78 is 1.53. The normalized spacial score (nSPS) is 9.67. The lowest BCUT2D eigenvalue weighted by Crippen LogP contribution is -1.94. The molecule has 0 saturated heterocycles. The van der Waals surface area contributed by atoms with Gasteiger partial charge < -0.3 is 0 Å². The van der Waals surface area contributed by atoms with E-state index >= 15 is 0 Å². The maximum atomic E-state index is 8.25. The monoisotopic (exact) mass is 220 g/mol. The highest BCUT2D eigenvalue weighted by Gasteiger charge is 2.03. The largest absolute Gasteiger partial charge is 0.223 e. The Kier molecular flexibility index (Phi) is 2.53. The SMILES string of the molecule is [N-]=[N+]=Nc1ccc(-n2cncn2)c(Cl)c1. The third-order valence-corrected chi connectivity index (χ3v) is 2.06. The van der Waals surface area contributed by atoms with Crippen LogP contribution in [0, 0.1) is 0 Å².